The zero-order valence-corrected chi connectivity index (χ0v) is 16.0. The van der Waals surface area contributed by atoms with Crippen LogP contribution in [0.4, 0.5) is 0 Å². The van der Waals surface area contributed by atoms with E-state index in [-0.39, 0.29) is 5.91 Å². The lowest BCUT2D eigenvalue weighted by Crippen LogP contribution is -2.22. The number of carbonyl (C=O) groups is 1. The second kappa shape index (κ2) is 8.28. The summed E-state index contributed by atoms with van der Waals surface area (Å²) < 4.78 is 0. The molecule has 0 aliphatic carbocycles. The van der Waals surface area contributed by atoms with Crippen molar-refractivity contribution in [3.05, 3.63) is 100 Å². The lowest BCUT2D eigenvalue weighted by molar-refractivity contribution is 0.0951. The molecule has 4 aromatic rings. The van der Waals surface area contributed by atoms with E-state index in [4.69, 9.17) is 11.6 Å². The number of hydrogen-bond acceptors (Lipinski definition) is 2. The minimum atomic E-state index is -0.108. The Morgan fingerprint density at radius 2 is 1.68 bits per heavy atom. The molecule has 0 atom stereocenters. The number of rotatable bonds is 6. The van der Waals surface area contributed by atoms with Gasteiger partial charge in [-0.1, -0.05) is 54.1 Å². The molecule has 1 aromatic heterocycles. The largest absolute Gasteiger partial charge is 0.348 e. The smallest absolute Gasteiger partial charge is 0.251 e. The average Bonchev–Trinajstić information content (AvgIpc) is 3.15. The predicted molar refractivity (Wildman–Crippen MR) is 113 cm³/mol. The molecule has 0 aliphatic heterocycles. The van der Waals surface area contributed by atoms with E-state index in [1.165, 1.54) is 5.56 Å². The molecule has 4 nitrogen and oxygen atoms in total. The summed E-state index contributed by atoms with van der Waals surface area (Å²) in [5.41, 5.74) is 4.76. The Balaban J connectivity index is 1.34. The fourth-order valence-electron chi connectivity index (χ4n) is 3.13. The maximum Gasteiger partial charge on any atom is 0.251 e. The molecule has 1 amide bonds. The molecule has 0 saturated carbocycles. The first kappa shape index (κ1) is 18.3. The summed E-state index contributed by atoms with van der Waals surface area (Å²) in [4.78, 5) is 20.3. The third-order valence-electron chi connectivity index (χ3n) is 4.70. The van der Waals surface area contributed by atoms with Gasteiger partial charge in [-0.2, -0.15) is 0 Å². The Kier molecular flexibility index (Phi) is 5.40. The zero-order chi connectivity index (χ0) is 19.3. The Morgan fingerprint density at radius 3 is 2.46 bits per heavy atom. The number of fused-ring (bicyclic) bond motifs is 1. The number of amides is 1. The van der Waals surface area contributed by atoms with Crippen molar-refractivity contribution in [1.29, 1.82) is 0 Å². The molecular weight excluding hydrogens is 370 g/mol. The molecule has 3 aromatic carbocycles. The standard InChI is InChI=1S/C23H20ClN3O/c24-19-6-2-1-5-18(19)15-25-23(28)17-12-9-16(10-13-17)11-14-22-26-20-7-3-4-8-21(20)27-22/h1-10,12-13H,11,14-15H2,(H,25,28)(H,26,27). The van der Waals surface area contributed by atoms with Crippen LogP contribution in [0.15, 0.2) is 72.8 Å². The lowest BCUT2D eigenvalue weighted by atomic mass is 10.1. The summed E-state index contributed by atoms with van der Waals surface area (Å²) in [6.07, 6.45) is 1.69. The molecule has 0 aliphatic rings. The summed E-state index contributed by atoms with van der Waals surface area (Å²) >= 11 is 6.13. The van der Waals surface area contributed by atoms with Crippen molar-refractivity contribution < 1.29 is 4.79 Å². The molecule has 140 valence electrons. The molecule has 28 heavy (non-hydrogen) atoms. The van der Waals surface area contributed by atoms with E-state index in [9.17, 15) is 4.79 Å². The fourth-order valence-corrected chi connectivity index (χ4v) is 3.33. The summed E-state index contributed by atoms with van der Waals surface area (Å²) in [6.45, 7) is 0.409. The zero-order valence-electron chi connectivity index (χ0n) is 15.3. The topological polar surface area (TPSA) is 57.8 Å². The molecule has 4 rings (SSSR count). The molecule has 0 spiro atoms. The van der Waals surface area contributed by atoms with Gasteiger partial charge in [0.15, 0.2) is 0 Å². The number of carbonyl (C=O) groups excluding carboxylic acids is 1. The van der Waals surface area contributed by atoms with Gasteiger partial charge in [-0.15, -0.1) is 0 Å². The van der Waals surface area contributed by atoms with Crippen LogP contribution in [0, 0.1) is 0 Å². The number of imidazole rings is 1. The number of H-pyrrole nitrogens is 1. The van der Waals surface area contributed by atoms with Crippen LogP contribution in [0.25, 0.3) is 11.0 Å². The van der Waals surface area contributed by atoms with Crippen molar-refractivity contribution in [3.8, 4) is 0 Å². The normalized spacial score (nSPS) is 10.9. The van der Waals surface area contributed by atoms with E-state index in [1.54, 1.807) is 0 Å². The molecule has 0 fully saturated rings. The van der Waals surface area contributed by atoms with Crippen LogP contribution >= 0.6 is 11.6 Å². The second-order valence-corrected chi connectivity index (χ2v) is 7.08. The van der Waals surface area contributed by atoms with Gasteiger partial charge in [0, 0.05) is 23.6 Å². The van der Waals surface area contributed by atoms with E-state index in [0.29, 0.717) is 17.1 Å². The predicted octanol–water partition coefficient (Wildman–Crippen LogP) is 4.93. The summed E-state index contributed by atoms with van der Waals surface area (Å²) in [5.74, 6) is 0.867. The van der Waals surface area contributed by atoms with Crippen molar-refractivity contribution in [2.75, 3.05) is 0 Å². The van der Waals surface area contributed by atoms with Crippen LogP contribution in [0.5, 0.6) is 0 Å². The third kappa shape index (κ3) is 4.24. The van der Waals surface area contributed by atoms with Crippen LogP contribution in [0.1, 0.15) is 27.3 Å². The van der Waals surface area contributed by atoms with Crippen molar-refractivity contribution in [2.24, 2.45) is 0 Å². The van der Waals surface area contributed by atoms with Crippen molar-refractivity contribution in [2.45, 2.75) is 19.4 Å². The molecule has 0 saturated heterocycles. The van der Waals surface area contributed by atoms with Gasteiger partial charge in [-0.3, -0.25) is 4.79 Å². The maximum atomic E-state index is 12.4. The summed E-state index contributed by atoms with van der Waals surface area (Å²) in [5, 5.41) is 3.57. The molecular formula is C23H20ClN3O. The van der Waals surface area contributed by atoms with E-state index < -0.39 is 0 Å². The van der Waals surface area contributed by atoms with Gasteiger partial charge >= 0.3 is 0 Å². The number of para-hydroxylation sites is 2. The number of aromatic nitrogens is 2. The highest BCUT2D eigenvalue weighted by molar-refractivity contribution is 6.31. The van der Waals surface area contributed by atoms with Gasteiger partial charge in [0.2, 0.25) is 0 Å². The van der Waals surface area contributed by atoms with Crippen LogP contribution in [-0.4, -0.2) is 15.9 Å². The highest BCUT2D eigenvalue weighted by Gasteiger charge is 2.07. The Morgan fingerprint density at radius 1 is 0.929 bits per heavy atom. The number of halogens is 1. The maximum absolute atomic E-state index is 12.4. The number of benzene rings is 3. The third-order valence-corrected chi connectivity index (χ3v) is 5.07. The van der Waals surface area contributed by atoms with Crippen molar-refractivity contribution >= 4 is 28.5 Å². The lowest BCUT2D eigenvalue weighted by Gasteiger charge is -2.07. The molecule has 5 heteroatoms. The Labute approximate surface area is 168 Å². The highest BCUT2D eigenvalue weighted by atomic mass is 35.5. The van der Waals surface area contributed by atoms with Gasteiger partial charge in [-0.05, 0) is 47.9 Å². The first-order chi connectivity index (χ1) is 13.7. The number of hydrogen-bond donors (Lipinski definition) is 2. The van der Waals surface area contributed by atoms with E-state index in [0.717, 1.165) is 35.3 Å². The van der Waals surface area contributed by atoms with Gasteiger partial charge in [0.1, 0.15) is 5.82 Å². The van der Waals surface area contributed by atoms with E-state index >= 15 is 0 Å². The van der Waals surface area contributed by atoms with Crippen LogP contribution in [0.3, 0.4) is 0 Å². The van der Waals surface area contributed by atoms with E-state index in [1.807, 2.05) is 72.8 Å². The fraction of sp³-hybridized carbons (Fsp3) is 0.130. The number of aromatic amines is 1. The molecule has 1 heterocycles. The Bertz CT molecular complexity index is 1070. The summed E-state index contributed by atoms with van der Waals surface area (Å²) in [7, 11) is 0. The van der Waals surface area contributed by atoms with Gasteiger partial charge in [0.05, 0.1) is 11.0 Å². The molecule has 0 bridgehead atoms. The van der Waals surface area contributed by atoms with Gasteiger partial charge in [-0.25, -0.2) is 4.98 Å². The monoisotopic (exact) mass is 389 g/mol. The number of aryl methyl sites for hydroxylation is 2. The number of nitrogens with one attached hydrogen (secondary N) is 2. The van der Waals surface area contributed by atoms with Gasteiger partial charge in [0.25, 0.3) is 5.91 Å². The van der Waals surface area contributed by atoms with Gasteiger partial charge < -0.3 is 10.3 Å². The quantitative estimate of drug-likeness (QED) is 0.491. The van der Waals surface area contributed by atoms with Crippen LogP contribution in [0.2, 0.25) is 5.02 Å². The minimum Gasteiger partial charge on any atom is -0.348 e. The first-order valence-electron chi connectivity index (χ1n) is 9.23. The van der Waals surface area contributed by atoms with Crippen molar-refractivity contribution in [1.82, 2.24) is 15.3 Å². The highest BCUT2D eigenvalue weighted by Crippen LogP contribution is 2.15. The van der Waals surface area contributed by atoms with E-state index in [2.05, 4.69) is 15.3 Å². The molecule has 2 N–H and O–H groups in total. The van der Waals surface area contributed by atoms with Crippen molar-refractivity contribution in [3.63, 3.8) is 0 Å². The number of nitrogens with zero attached hydrogens (tertiary/aromatic N) is 1. The van der Waals surface area contributed by atoms with Crippen LogP contribution < -0.4 is 5.32 Å². The second-order valence-electron chi connectivity index (χ2n) is 6.67. The Hall–Kier alpha value is -3.11. The SMILES string of the molecule is O=C(NCc1ccccc1Cl)c1ccc(CCc2nc3ccccc3[nH]2)cc1. The first-order valence-corrected chi connectivity index (χ1v) is 9.61. The minimum absolute atomic E-state index is 0.108. The van der Waals surface area contributed by atoms with Crippen LogP contribution in [-0.2, 0) is 19.4 Å². The molecule has 0 unspecified atom stereocenters. The summed E-state index contributed by atoms with van der Waals surface area (Å²) in [6, 6.07) is 23.2. The average molecular weight is 390 g/mol. The molecule has 0 radical (unpaired) electrons.